The Kier molecular flexibility index (Phi) is 3.61. The predicted octanol–water partition coefficient (Wildman–Crippen LogP) is 1.40. The van der Waals surface area contributed by atoms with Crippen molar-refractivity contribution in [3.63, 3.8) is 0 Å². The molecule has 2 nitrogen and oxygen atoms in total. The van der Waals surface area contributed by atoms with Crippen molar-refractivity contribution >= 4 is 21.8 Å². The standard InChI is InChI=1S/C9H12BrNO/c1-8(4-2-6-10)11-7-3-5-9(11)12/h8H,3,5-7H2,1H3. The Morgan fingerprint density at radius 1 is 1.75 bits per heavy atom. The van der Waals surface area contributed by atoms with Crippen LogP contribution in [0.3, 0.4) is 0 Å². The molecule has 1 heterocycles. The number of nitrogens with zero attached hydrogens (tertiary/aromatic N) is 1. The first-order valence-electron chi connectivity index (χ1n) is 4.09. The summed E-state index contributed by atoms with van der Waals surface area (Å²) in [6.07, 6.45) is 1.68. The van der Waals surface area contributed by atoms with Crippen LogP contribution in [0.15, 0.2) is 0 Å². The fourth-order valence-corrected chi connectivity index (χ4v) is 1.50. The van der Waals surface area contributed by atoms with E-state index < -0.39 is 0 Å². The van der Waals surface area contributed by atoms with Gasteiger partial charge in [-0.3, -0.25) is 4.79 Å². The highest BCUT2D eigenvalue weighted by Crippen LogP contribution is 2.12. The van der Waals surface area contributed by atoms with Crippen molar-refractivity contribution in [2.45, 2.75) is 25.8 Å². The van der Waals surface area contributed by atoms with Gasteiger partial charge < -0.3 is 4.90 Å². The van der Waals surface area contributed by atoms with Crippen molar-refractivity contribution in [1.82, 2.24) is 4.90 Å². The van der Waals surface area contributed by atoms with Gasteiger partial charge in [0, 0.05) is 13.0 Å². The van der Waals surface area contributed by atoms with E-state index in [1.807, 2.05) is 11.8 Å². The molecule has 1 unspecified atom stereocenters. The van der Waals surface area contributed by atoms with Gasteiger partial charge in [0.2, 0.25) is 5.91 Å². The summed E-state index contributed by atoms with van der Waals surface area (Å²) >= 11 is 3.22. The summed E-state index contributed by atoms with van der Waals surface area (Å²) in [5.41, 5.74) is 0. The Labute approximate surface area is 81.4 Å². The highest BCUT2D eigenvalue weighted by atomic mass is 79.9. The fraction of sp³-hybridized carbons (Fsp3) is 0.667. The van der Waals surface area contributed by atoms with Gasteiger partial charge in [-0.05, 0) is 13.3 Å². The second-order valence-corrected chi connectivity index (χ2v) is 3.38. The molecule has 1 rings (SSSR count). The molecule has 0 aromatic carbocycles. The molecule has 0 bridgehead atoms. The van der Waals surface area contributed by atoms with Crippen molar-refractivity contribution in [3.05, 3.63) is 0 Å². The number of rotatable bonds is 1. The second-order valence-electron chi connectivity index (χ2n) is 2.82. The molecule has 0 aromatic rings. The van der Waals surface area contributed by atoms with E-state index >= 15 is 0 Å². The lowest BCUT2D eigenvalue weighted by molar-refractivity contribution is -0.128. The van der Waals surface area contributed by atoms with Crippen molar-refractivity contribution in [1.29, 1.82) is 0 Å². The third-order valence-electron chi connectivity index (χ3n) is 1.96. The summed E-state index contributed by atoms with van der Waals surface area (Å²) in [5, 5.41) is 0.680. The SMILES string of the molecule is CC(C#CCBr)N1CCCC1=O. The molecule has 12 heavy (non-hydrogen) atoms. The minimum absolute atomic E-state index is 0.0811. The van der Waals surface area contributed by atoms with Crippen LogP contribution in [-0.4, -0.2) is 28.7 Å². The Bertz CT molecular complexity index is 228. The van der Waals surface area contributed by atoms with Crippen molar-refractivity contribution in [2.24, 2.45) is 0 Å². The van der Waals surface area contributed by atoms with E-state index in [9.17, 15) is 4.79 Å². The van der Waals surface area contributed by atoms with E-state index in [0.29, 0.717) is 11.8 Å². The van der Waals surface area contributed by atoms with Crippen LogP contribution in [0.5, 0.6) is 0 Å². The van der Waals surface area contributed by atoms with Gasteiger partial charge >= 0.3 is 0 Å². The lowest BCUT2D eigenvalue weighted by atomic mass is 10.3. The van der Waals surface area contributed by atoms with E-state index in [0.717, 1.165) is 13.0 Å². The number of amides is 1. The van der Waals surface area contributed by atoms with Crippen LogP contribution in [-0.2, 0) is 4.79 Å². The summed E-state index contributed by atoms with van der Waals surface area (Å²) < 4.78 is 0. The highest BCUT2D eigenvalue weighted by Gasteiger charge is 2.23. The summed E-state index contributed by atoms with van der Waals surface area (Å²) in [7, 11) is 0. The first-order chi connectivity index (χ1) is 5.75. The van der Waals surface area contributed by atoms with Crippen molar-refractivity contribution < 1.29 is 4.79 Å². The van der Waals surface area contributed by atoms with E-state index in [1.165, 1.54) is 0 Å². The van der Waals surface area contributed by atoms with Crippen molar-refractivity contribution in [2.75, 3.05) is 11.9 Å². The Morgan fingerprint density at radius 2 is 2.50 bits per heavy atom. The molecular weight excluding hydrogens is 218 g/mol. The number of carbonyl (C=O) groups excluding carboxylic acids is 1. The fourth-order valence-electron chi connectivity index (χ4n) is 1.34. The molecule has 1 saturated heterocycles. The first kappa shape index (κ1) is 9.60. The predicted molar refractivity (Wildman–Crippen MR) is 52.0 cm³/mol. The number of hydrogen-bond donors (Lipinski definition) is 0. The zero-order chi connectivity index (χ0) is 8.97. The summed E-state index contributed by atoms with van der Waals surface area (Å²) in [4.78, 5) is 13.1. The zero-order valence-electron chi connectivity index (χ0n) is 7.14. The topological polar surface area (TPSA) is 20.3 Å². The smallest absolute Gasteiger partial charge is 0.223 e. The van der Waals surface area contributed by atoms with Crippen LogP contribution < -0.4 is 0 Å². The molecular formula is C9H12BrNO. The van der Waals surface area contributed by atoms with Gasteiger partial charge in [-0.1, -0.05) is 27.8 Å². The average molecular weight is 230 g/mol. The summed E-state index contributed by atoms with van der Waals surface area (Å²) in [6, 6.07) is 0.0811. The van der Waals surface area contributed by atoms with Crippen LogP contribution in [0.4, 0.5) is 0 Å². The normalized spacial score (nSPS) is 18.8. The van der Waals surface area contributed by atoms with Gasteiger partial charge in [-0.25, -0.2) is 0 Å². The lowest BCUT2D eigenvalue weighted by Crippen LogP contribution is -2.32. The van der Waals surface area contributed by atoms with Crippen LogP contribution >= 0.6 is 15.9 Å². The number of carbonyl (C=O) groups is 1. The van der Waals surface area contributed by atoms with Crippen LogP contribution in [0.2, 0.25) is 0 Å². The van der Waals surface area contributed by atoms with Gasteiger partial charge in [0.05, 0.1) is 11.4 Å². The number of likely N-dealkylation sites (tertiary alicyclic amines) is 1. The zero-order valence-corrected chi connectivity index (χ0v) is 8.73. The lowest BCUT2D eigenvalue weighted by Gasteiger charge is -2.18. The molecule has 0 aromatic heterocycles. The third-order valence-corrected chi connectivity index (χ3v) is 2.24. The third kappa shape index (κ3) is 2.25. The highest BCUT2D eigenvalue weighted by molar-refractivity contribution is 9.09. The molecule has 0 N–H and O–H groups in total. The molecule has 1 atom stereocenters. The van der Waals surface area contributed by atoms with Crippen LogP contribution in [0, 0.1) is 11.8 Å². The van der Waals surface area contributed by atoms with E-state index in [-0.39, 0.29) is 11.9 Å². The Hall–Kier alpha value is -0.490. The van der Waals surface area contributed by atoms with Crippen LogP contribution in [0.25, 0.3) is 0 Å². The number of alkyl halides is 1. The maximum Gasteiger partial charge on any atom is 0.223 e. The molecule has 1 aliphatic heterocycles. The maximum absolute atomic E-state index is 11.2. The van der Waals surface area contributed by atoms with Gasteiger partial charge in [0.1, 0.15) is 0 Å². The van der Waals surface area contributed by atoms with E-state index in [4.69, 9.17) is 0 Å². The molecule has 0 spiro atoms. The Morgan fingerprint density at radius 3 is 3.00 bits per heavy atom. The van der Waals surface area contributed by atoms with E-state index in [1.54, 1.807) is 0 Å². The quantitative estimate of drug-likeness (QED) is 0.492. The first-order valence-corrected chi connectivity index (χ1v) is 5.21. The summed E-state index contributed by atoms with van der Waals surface area (Å²) in [6.45, 7) is 2.84. The molecule has 1 fully saturated rings. The minimum atomic E-state index is 0.0811. The molecule has 1 aliphatic rings. The maximum atomic E-state index is 11.2. The molecule has 0 saturated carbocycles. The van der Waals surface area contributed by atoms with Gasteiger partial charge in [0.25, 0.3) is 0 Å². The Balaban J connectivity index is 2.51. The molecule has 0 radical (unpaired) electrons. The number of hydrogen-bond acceptors (Lipinski definition) is 1. The average Bonchev–Trinajstić information content (AvgIpc) is 2.47. The second kappa shape index (κ2) is 4.51. The monoisotopic (exact) mass is 229 g/mol. The number of halogens is 1. The summed E-state index contributed by atoms with van der Waals surface area (Å²) in [5.74, 6) is 6.17. The van der Waals surface area contributed by atoms with Gasteiger partial charge in [-0.15, -0.1) is 0 Å². The van der Waals surface area contributed by atoms with Crippen molar-refractivity contribution in [3.8, 4) is 11.8 Å². The minimum Gasteiger partial charge on any atom is -0.329 e. The van der Waals surface area contributed by atoms with E-state index in [2.05, 4.69) is 27.8 Å². The molecule has 3 heteroatoms. The van der Waals surface area contributed by atoms with Gasteiger partial charge in [-0.2, -0.15) is 0 Å². The molecule has 0 aliphatic carbocycles. The van der Waals surface area contributed by atoms with Crippen LogP contribution in [0.1, 0.15) is 19.8 Å². The largest absolute Gasteiger partial charge is 0.329 e. The molecule has 1 amide bonds. The molecule has 66 valence electrons. The van der Waals surface area contributed by atoms with Gasteiger partial charge in [0.15, 0.2) is 0 Å².